The SMILES string of the molecule is CCCCCC(C)NC(=O)CN(C)Cc1ccccc1F. The molecular formula is C17H27FN2O. The lowest BCUT2D eigenvalue weighted by atomic mass is 10.1. The first-order valence-corrected chi connectivity index (χ1v) is 7.74. The van der Waals surface area contributed by atoms with Crippen molar-refractivity contribution in [1.82, 2.24) is 10.2 Å². The van der Waals surface area contributed by atoms with Gasteiger partial charge in [0.15, 0.2) is 0 Å². The van der Waals surface area contributed by atoms with Crippen LogP contribution in [0.25, 0.3) is 0 Å². The van der Waals surface area contributed by atoms with Gasteiger partial charge in [-0.1, -0.05) is 44.4 Å². The van der Waals surface area contributed by atoms with Crippen molar-refractivity contribution in [2.24, 2.45) is 0 Å². The molecule has 1 atom stereocenters. The number of benzene rings is 1. The van der Waals surface area contributed by atoms with Crippen molar-refractivity contribution < 1.29 is 9.18 Å². The van der Waals surface area contributed by atoms with Gasteiger partial charge in [0.1, 0.15) is 5.82 Å². The van der Waals surface area contributed by atoms with Gasteiger partial charge in [0.05, 0.1) is 6.54 Å². The quantitative estimate of drug-likeness (QED) is 0.708. The molecule has 1 N–H and O–H groups in total. The van der Waals surface area contributed by atoms with Gasteiger partial charge in [-0.25, -0.2) is 4.39 Å². The van der Waals surface area contributed by atoms with E-state index in [4.69, 9.17) is 0 Å². The summed E-state index contributed by atoms with van der Waals surface area (Å²) in [7, 11) is 1.83. The van der Waals surface area contributed by atoms with Crippen LogP contribution in [-0.2, 0) is 11.3 Å². The van der Waals surface area contributed by atoms with Gasteiger partial charge in [-0.05, 0) is 26.5 Å². The summed E-state index contributed by atoms with van der Waals surface area (Å²) < 4.78 is 13.5. The molecule has 0 aliphatic heterocycles. The Morgan fingerprint density at radius 2 is 2.05 bits per heavy atom. The van der Waals surface area contributed by atoms with Crippen molar-refractivity contribution in [3.8, 4) is 0 Å². The zero-order chi connectivity index (χ0) is 15.7. The van der Waals surface area contributed by atoms with Crippen molar-refractivity contribution in [2.45, 2.75) is 52.1 Å². The van der Waals surface area contributed by atoms with Crippen LogP contribution in [0.2, 0.25) is 0 Å². The average molecular weight is 294 g/mol. The number of nitrogens with zero attached hydrogens (tertiary/aromatic N) is 1. The smallest absolute Gasteiger partial charge is 0.234 e. The van der Waals surface area contributed by atoms with Gasteiger partial charge in [-0.15, -0.1) is 0 Å². The van der Waals surface area contributed by atoms with Crippen molar-refractivity contribution in [3.63, 3.8) is 0 Å². The Hall–Kier alpha value is -1.42. The Labute approximate surface area is 127 Å². The molecule has 1 aromatic carbocycles. The second-order valence-corrected chi connectivity index (χ2v) is 5.73. The van der Waals surface area contributed by atoms with E-state index in [0.717, 1.165) is 12.8 Å². The third-order valence-corrected chi connectivity index (χ3v) is 3.46. The lowest BCUT2D eigenvalue weighted by molar-refractivity contribution is -0.122. The minimum atomic E-state index is -0.224. The van der Waals surface area contributed by atoms with Gasteiger partial charge in [0, 0.05) is 18.2 Å². The maximum absolute atomic E-state index is 13.5. The Balaban J connectivity index is 2.32. The van der Waals surface area contributed by atoms with Gasteiger partial charge in [0.2, 0.25) is 5.91 Å². The molecule has 0 aliphatic carbocycles. The monoisotopic (exact) mass is 294 g/mol. The maximum atomic E-state index is 13.5. The second kappa shape index (κ2) is 9.50. The van der Waals surface area contributed by atoms with E-state index in [-0.39, 0.29) is 24.3 Å². The lowest BCUT2D eigenvalue weighted by Crippen LogP contribution is -2.39. The normalized spacial score (nSPS) is 12.4. The lowest BCUT2D eigenvalue weighted by Gasteiger charge is -2.19. The molecule has 21 heavy (non-hydrogen) atoms. The number of likely N-dealkylation sites (N-methyl/N-ethyl adjacent to an activating group) is 1. The largest absolute Gasteiger partial charge is 0.353 e. The summed E-state index contributed by atoms with van der Waals surface area (Å²) in [5, 5.41) is 3.00. The molecule has 0 aromatic heterocycles. The summed E-state index contributed by atoms with van der Waals surface area (Å²) >= 11 is 0. The molecule has 4 heteroatoms. The first kappa shape index (κ1) is 17.6. The molecule has 0 aliphatic rings. The van der Waals surface area contributed by atoms with Gasteiger partial charge >= 0.3 is 0 Å². The summed E-state index contributed by atoms with van der Waals surface area (Å²) in [5.41, 5.74) is 0.615. The fraction of sp³-hybridized carbons (Fsp3) is 0.588. The highest BCUT2D eigenvalue weighted by molar-refractivity contribution is 5.78. The third kappa shape index (κ3) is 7.23. The summed E-state index contributed by atoms with van der Waals surface area (Å²) in [5.74, 6) is -0.226. The number of hydrogen-bond acceptors (Lipinski definition) is 2. The molecule has 1 rings (SSSR count). The van der Waals surface area contributed by atoms with Gasteiger partial charge in [-0.2, -0.15) is 0 Å². The van der Waals surface area contributed by atoms with E-state index in [9.17, 15) is 9.18 Å². The molecule has 0 saturated carbocycles. The maximum Gasteiger partial charge on any atom is 0.234 e. The topological polar surface area (TPSA) is 32.3 Å². The standard InChI is InChI=1S/C17H27FN2O/c1-4-5-6-9-14(2)19-17(21)13-20(3)12-15-10-7-8-11-16(15)18/h7-8,10-11,14H,4-6,9,12-13H2,1-3H3,(H,19,21). The van der Waals surface area contributed by atoms with Crippen LogP contribution in [0.1, 0.15) is 45.1 Å². The van der Waals surface area contributed by atoms with E-state index in [2.05, 4.69) is 12.2 Å². The molecule has 1 amide bonds. The Morgan fingerprint density at radius 1 is 1.33 bits per heavy atom. The van der Waals surface area contributed by atoms with E-state index in [1.54, 1.807) is 12.1 Å². The first-order chi connectivity index (χ1) is 10.0. The van der Waals surface area contributed by atoms with E-state index in [1.807, 2.05) is 24.9 Å². The van der Waals surface area contributed by atoms with Crippen LogP contribution in [0.4, 0.5) is 4.39 Å². The zero-order valence-corrected chi connectivity index (χ0v) is 13.4. The van der Waals surface area contributed by atoms with Crippen molar-refractivity contribution in [2.75, 3.05) is 13.6 Å². The molecule has 1 aromatic rings. The van der Waals surface area contributed by atoms with Crippen molar-refractivity contribution in [1.29, 1.82) is 0 Å². The summed E-state index contributed by atoms with van der Waals surface area (Å²) in [4.78, 5) is 13.8. The fourth-order valence-corrected chi connectivity index (χ4v) is 2.31. The number of nitrogens with one attached hydrogen (secondary N) is 1. The second-order valence-electron chi connectivity index (χ2n) is 5.73. The highest BCUT2D eigenvalue weighted by atomic mass is 19.1. The predicted octanol–water partition coefficient (Wildman–Crippen LogP) is 3.34. The molecule has 118 valence electrons. The number of rotatable bonds is 9. The van der Waals surface area contributed by atoms with E-state index in [1.165, 1.54) is 18.9 Å². The zero-order valence-electron chi connectivity index (χ0n) is 13.4. The molecule has 3 nitrogen and oxygen atoms in total. The average Bonchev–Trinajstić information content (AvgIpc) is 2.41. The molecule has 0 heterocycles. The number of unbranched alkanes of at least 4 members (excludes halogenated alkanes) is 2. The minimum absolute atomic E-state index is 0.00200. The first-order valence-electron chi connectivity index (χ1n) is 7.74. The molecule has 1 unspecified atom stereocenters. The number of carbonyl (C=O) groups excluding carboxylic acids is 1. The van der Waals surface area contributed by atoms with Crippen LogP contribution in [0, 0.1) is 5.82 Å². The number of hydrogen-bond donors (Lipinski definition) is 1. The summed E-state index contributed by atoms with van der Waals surface area (Å²) in [6.07, 6.45) is 4.54. The summed E-state index contributed by atoms with van der Waals surface area (Å²) in [6.45, 7) is 4.92. The van der Waals surface area contributed by atoms with Gasteiger partial charge in [0.25, 0.3) is 0 Å². The van der Waals surface area contributed by atoms with Crippen molar-refractivity contribution in [3.05, 3.63) is 35.6 Å². The van der Waals surface area contributed by atoms with Crippen molar-refractivity contribution >= 4 is 5.91 Å². The number of halogens is 1. The van der Waals surface area contributed by atoms with Crippen LogP contribution in [0.3, 0.4) is 0 Å². The Kier molecular flexibility index (Phi) is 7.98. The molecule has 0 bridgehead atoms. The van der Waals surface area contributed by atoms with Crippen LogP contribution in [-0.4, -0.2) is 30.4 Å². The van der Waals surface area contributed by atoms with E-state index < -0.39 is 0 Å². The van der Waals surface area contributed by atoms with E-state index >= 15 is 0 Å². The third-order valence-electron chi connectivity index (χ3n) is 3.46. The fourth-order valence-electron chi connectivity index (χ4n) is 2.31. The van der Waals surface area contributed by atoms with Crippen LogP contribution in [0.15, 0.2) is 24.3 Å². The van der Waals surface area contributed by atoms with Gasteiger partial charge in [-0.3, -0.25) is 9.69 Å². The van der Waals surface area contributed by atoms with Crippen LogP contribution < -0.4 is 5.32 Å². The predicted molar refractivity (Wildman–Crippen MR) is 84.5 cm³/mol. The molecule has 0 spiro atoms. The molecule has 0 saturated heterocycles. The summed E-state index contributed by atoms with van der Waals surface area (Å²) in [6, 6.07) is 6.87. The number of carbonyl (C=O) groups is 1. The van der Waals surface area contributed by atoms with Crippen LogP contribution >= 0.6 is 0 Å². The Morgan fingerprint density at radius 3 is 2.71 bits per heavy atom. The van der Waals surface area contributed by atoms with E-state index in [0.29, 0.717) is 12.1 Å². The number of amides is 1. The molecule has 0 fully saturated rings. The molecule has 0 radical (unpaired) electrons. The highest BCUT2D eigenvalue weighted by Crippen LogP contribution is 2.08. The van der Waals surface area contributed by atoms with Gasteiger partial charge < -0.3 is 5.32 Å². The van der Waals surface area contributed by atoms with Crippen LogP contribution in [0.5, 0.6) is 0 Å². The highest BCUT2D eigenvalue weighted by Gasteiger charge is 2.11. The molecular weight excluding hydrogens is 267 g/mol. The minimum Gasteiger partial charge on any atom is -0.353 e. The Bertz CT molecular complexity index is 437.